The molecule has 0 atom stereocenters. The molecule has 0 bridgehead atoms. The van der Waals surface area contributed by atoms with E-state index in [1.54, 1.807) is 6.33 Å². The van der Waals surface area contributed by atoms with Gasteiger partial charge in [-0.2, -0.15) is 4.98 Å². The normalized spacial score (nSPS) is 11.2. The molecule has 18 heavy (non-hydrogen) atoms. The smallest absolute Gasteiger partial charge is 0.232 e. The van der Waals surface area contributed by atoms with E-state index in [1.165, 1.54) is 11.8 Å². The van der Waals surface area contributed by atoms with Gasteiger partial charge in [-0.05, 0) is 6.26 Å². The predicted octanol–water partition coefficient (Wildman–Crippen LogP) is 1.68. The topological polar surface area (TPSA) is 72.7 Å². The van der Waals surface area contributed by atoms with Crippen LogP contribution in [-0.4, -0.2) is 31.7 Å². The third-order valence-electron chi connectivity index (χ3n) is 2.48. The van der Waals surface area contributed by atoms with E-state index in [9.17, 15) is 4.79 Å². The van der Waals surface area contributed by atoms with Gasteiger partial charge in [0.05, 0.1) is 6.33 Å². The number of fused-ring (bicyclic) bond motifs is 1. The summed E-state index contributed by atoms with van der Waals surface area (Å²) < 4.78 is 1.81. The summed E-state index contributed by atoms with van der Waals surface area (Å²) in [6.07, 6.45) is 3.61. The number of hydrogen-bond acceptors (Lipinski definition) is 5. The Morgan fingerprint density at radius 3 is 2.78 bits per heavy atom. The number of nitrogens with one attached hydrogen (secondary N) is 1. The molecule has 1 amide bonds. The standard InChI is InChI=1S/C11H15N5OS/c1-6(2)9(17)14-11-13-8-7(10(15-11)18-4)12-5-16(8)3/h5-6H,1-4H3,(H,13,14,15,17). The van der Waals surface area contributed by atoms with Crippen molar-refractivity contribution in [2.24, 2.45) is 13.0 Å². The Hall–Kier alpha value is -1.63. The van der Waals surface area contributed by atoms with Crippen molar-refractivity contribution in [1.29, 1.82) is 0 Å². The number of carbonyl (C=O) groups is 1. The highest BCUT2D eigenvalue weighted by Crippen LogP contribution is 2.23. The van der Waals surface area contributed by atoms with Gasteiger partial charge >= 0.3 is 0 Å². The first-order valence-electron chi connectivity index (χ1n) is 5.57. The van der Waals surface area contributed by atoms with Crippen LogP contribution in [0.5, 0.6) is 0 Å². The van der Waals surface area contributed by atoms with Gasteiger partial charge in [-0.15, -0.1) is 11.8 Å². The van der Waals surface area contributed by atoms with Crippen LogP contribution in [0.2, 0.25) is 0 Å². The summed E-state index contributed by atoms with van der Waals surface area (Å²) in [4.78, 5) is 24.5. The van der Waals surface area contributed by atoms with E-state index >= 15 is 0 Å². The van der Waals surface area contributed by atoms with E-state index in [4.69, 9.17) is 0 Å². The number of imidazole rings is 1. The Bertz CT molecular complexity index is 592. The van der Waals surface area contributed by atoms with Crippen molar-refractivity contribution in [3.05, 3.63) is 6.33 Å². The average molecular weight is 265 g/mol. The molecule has 1 N–H and O–H groups in total. The number of anilines is 1. The van der Waals surface area contributed by atoms with Gasteiger partial charge in [0.15, 0.2) is 5.65 Å². The van der Waals surface area contributed by atoms with Crippen molar-refractivity contribution in [2.45, 2.75) is 18.9 Å². The minimum Gasteiger partial charge on any atom is -0.318 e. The van der Waals surface area contributed by atoms with Crippen LogP contribution in [0.3, 0.4) is 0 Å². The van der Waals surface area contributed by atoms with E-state index in [0.717, 1.165) is 10.5 Å². The van der Waals surface area contributed by atoms with Crippen molar-refractivity contribution in [3.63, 3.8) is 0 Å². The molecule has 7 heteroatoms. The fraction of sp³-hybridized carbons (Fsp3) is 0.455. The molecule has 0 spiro atoms. The van der Waals surface area contributed by atoms with Crippen LogP contribution < -0.4 is 5.32 Å². The maximum absolute atomic E-state index is 11.7. The minimum atomic E-state index is -0.103. The summed E-state index contributed by atoms with van der Waals surface area (Å²) in [5, 5.41) is 3.47. The molecule has 0 aliphatic rings. The largest absolute Gasteiger partial charge is 0.318 e. The minimum absolute atomic E-state index is 0.0939. The average Bonchev–Trinajstić information content (AvgIpc) is 2.70. The van der Waals surface area contributed by atoms with Crippen LogP contribution in [0.15, 0.2) is 11.4 Å². The molecule has 2 heterocycles. The molecule has 0 radical (unpaired) electrons. The second-order valence-electron chi connectivity index (χ2n) is 4.23. The molecule has 0 fully saturated rings. The summed E-state index contributed by atoms with van der Waals surface area (Å²) in [6.45, 7) is 3.65. The number of hydrogen-bond donors (Lipinski definition) is 1. The quantitative estimate of drug-likeness (QED) is 0.675. The van der Waals surface area contributed by atoms with E-state index in [0.29, 0.717) is 11.6 Å². The Labute approximate surface area is 109 Å². The van der Waals surface area contributed by atoms with E-state index in [1.807, 2.05) is 31.7 Å². The van der Waals surface area contributed by atoms with E-state index < -0.39 is 0 Å². The number of thioether (sulfide) groups is 1. The zero-order valence-corrected chi connectivity index (χ0v) is 11.6. The number of rotatable bonds is 3. The van der Waals surface area contributed by atoms with Gasteiger partial charge in [-0.3, -0.25) is 10.1 Å². The van der Waals surface area contributed by atoms with Gasteiger partial charge < -0.3 is 4.57 Å². The summed E-state index contributed by atoms with van der Waals surface area (Å²) in [5.41, 5.74) is 1.47. The van der Waals surface area contributed by atoms with Gasteiger partial charge in [0, 0.05) is 13.0 Å². The lowest BCUT2D eigenvalue weighted by atomic mass is 10.2. The first kappa shape index (κ1) is 12.8. The zero-order valence-electron chi connectivity index (χ0n) is 10.8. The second-order valence-corrected chi connectivity index (χ2v) is 5.02. The molecule has 0 unspecified atom stereocenters. The number of amides is 1. The molecule has 0 aromatic carbocycles. The Kier molecular flexibility index (Phi) is 3.51. The highest BCUT2D eigenvalue weighted by Gasteiger charge is 2.14. The first-order chi connectivity index (χ1) is 8.52. The lowest BCUT2D eigenvalue weighted by molar-refractivity contribution is -0.118. The van der Waals surface area contributed by atoms with Gasteiger partial charge in [-0.25, -0.2) is 9.97 Å². The maximum atomic E-state index is 11.7. The molecule has 0 saturated heterocycles. The molecule has 96 valence electrons. The van der Waals surface area contributed by atoms with Crippen molar-refractivity contribution >= 4 is 34.8 Å². The van der Waals surface area contributed by atoms with E-state index in [2.05, 4.69) is 20.3 Å². The van der Waals surface area contributed by atoms with Crippen molar-refractivity contribution < 1.29 is 4.79 Å². The third-order valence-corrected chi connectivity index (χ3v) is 3.15. The summed E-state index contributed by atoms with van der Waals surface area (Å²) >= 11 is 1.48. The zero-order chi connectivity index (χ0) is 13.3. The van der Waals surface area contributed by atoms with Crippen molar-refractivity contribution in [2.75, 3.05) is 11.6 Å². The fourth-order valence-electron chi connectivity index (χ4n) is 1.43. The van der Waals surface area contributed by atoms with Crippen molar-refractivity contribution in [3.8, 4) is 0 Å². The highest BCUT2D eigenvalue weighted by atomic mass is 32.2. The number of carbonyl (C=O) groups excluding carboxylic acids is 1. The number of aryl methyl sites for hydroxylation is 1. The Balaban J connectivity index is 2.46. The molecule has 0 saturated carbocycles. The second kappa shape index (κ2) is 4.93. The summed E-state index contributed by atoms with van der Waals surface area (Å²) in [7, 11) is 1.86. The van der Waals surface area contributed by atoms with Crippen LogP contribution in [0.25, 0.3) is 11.2 Å². The SMILES string of the molecule is CSc1nc(NC(=O)C(C)C)nc2c1ncn2C. The van der Waals surface area contributed by atoms with Crippen molar-refractivity contribution in [1.82, 2.24) is 19.5 Å². The van der Waals surface area contributed by atoms with Crippen LogP contribution in [-0.2, 0) is 11.8 Å². The molecular weight excluding hydrogens is 250 g/mol. The molecule has 0 aliphatic heterocycles. The lowest BCUT2D eigenvalue weighted by Crippen LogP contribution is -2.19. The van der Waals surface area contributed by atoms with E-state index in [-0.39, 0.29) is 11.8 Å². The summed E-state index contributed by atoms with van der Waals surface area (Å²) in [5.74, 6) is 0.131. The molecule has 6 nitrogen and oxygen atoms in total. The van der Waals surface area contributed by atoms with Gasteiger partial charge in [-0.1, -0.05) is 13.8 Å². The number of nitrogens with zero attached hydrogens (tertiary/aromatic N) is 4. The maximum Gasteiger partial charge on any atom is 0.232 e. The third kappa shape index (κ3) is 2.31. The Morgan fingerprint density at radius 1 is 1.44 bits per heavy atom. The lowest BCUT2D eigenvalue weighted by Gasteiger charge is -2.07. The highest BCUT2D eigenvalue weighted by molar-refractivity contribution is 7.98. The number of aromatic nitrogens is 4. The Morgan fingerprint density at radius 2 is 2.17 bits per heavy atom. The van der Waals surface area contributed by atoms with Crippen LogP contribution >= 0.6 is 11.8 Å². The summed E-state index contributed by atoms with van der Waals surface area (Å²) in [6, 6.07) is 0. The molecule has 0 aliphatic carbocycles. The molecule has 2 rings (SSSR count). The molecule has 2 aromatic rings. The molecule has 2 aromatic heterocycles. The fourth-order valence-corrected chi connectivity index (χ4v) is 1.95. The van der Waals surface area contributed by atoms with Gasteiger partial charge in [0.25, 0.3) is 0 Å². The van der Waals surface area contributed by atoms with Crippen LogP contribution in [0.4, 0.5) is 5.95 Å². The first-order valence-corrected chi connectivity index (χ1v) is 6.79. The van der Waals surface area contributed by atoms with Crippen LogP contribution in [0.1, 0.15) is 13.8 Å². The van der Waals surface area contributed by atoms with Gasteiger partial charge in [0.2, 0.25) is 11.9 Å². The predicted molar refractivity (Wildman–Crippen MR) is 71.6 cm³/mol. The molecular formula is C11H15N5OS. The van der Waals surface area contributed by atoms with Gasteiger partial charge in [0.1, 0.15) is 10.5 Å². The monoisotopic (exact) mass is 265 g/mol. The van der Waals surface area contributed by atoms with Crippen LogP contribution in [0, 0.1) is 5.92 Å².